The summed E-state index contributed by atoms with van der Waals surface area (Å²) in [7, 11) is 0. The van der Waals surface area contributed by atoms with Crippen LogP contribution in [0, 0.1) is 5.82 Å². The molecule has 2 aromatic rings. The van der Waals surface area contributed by atoms with E-state index in [1.807, 2.05) is 24.3 Å². The van der Waals surface area contributed by atoms with Crippen LogP contribution in [-0.2, 0) is 6.42 Å². The molecule has 0 amide bonds. The minimum Gasteiger partial charge on any atom is -0.271 e. The van der Waals surface area contributed by atoms with Gasteiger partial charge in [-0.15, -0.1) is 0 Å². The number of nitrogens with two attached hydrogens (primary N) is 1. The molecule has 0 radical (unpaired) electrons. The number of rotatable bonds is 4. The Hall–Kier alpha value is -1.42. The molecule has 2 nitrogen and oxygen atoms in total. The van der Waals surface area contributed by atoms with E-state index < -0.39 is 6.04 Å². The molecule has 0 saturated heterocycles. The molecule has 19 heavy (non-hydrogen) atoms. The third-order valence-electron chi connectivity index (χ3n) is 3.15. The summed E-state index contributed by atoms with van der Waals surface area (Å²) in [6.07, 6.45) is 0.913. The molecule has 0 heterocycles. The van der Waals surface area contributed by atoms with Crippen molar-refractivity contribution in [3.63, 3.8) is 0 Å². The summed E-state index contributed by atoms with van der Waals surface area (Å²) < 4.78 is 14.0. The third-order valence-corrected chi connectivity index (χ3v) is 3.48. The molecule has 0 aliphatic heterocycles. The van der Waals surface area contributed by atoms with Gasteiger partial charge in [0.15, 0.2) is 0 Å². The van der Waals surface area contributed by atoms with Crippen LogP contribution in [0.1, 0.15) is 29.7 Å². The first-order chi connectivity index (χ1) is 9.17. The number of hydrogen-bond acceptors (Lipinski definition) is 2. The van der Waals surface area contributed by atoms with E-state index in [2.05, 4.69) is 12.3 Å². The molecular formula is C15H16ClFN2. The van der Waals surface area contributed by atoms with Gasteiger partial charge in [0, 0.05) is 10.6 Å². The van der Waals surface area contributed by atoms with Crippen molar-refractivity contribution in [2.24, 2.45) is 5.84 Å². The number of benzene rings is 2. The number of nitrogens with one attached hydrogen (secondary N) is 1. The first-order valence-corrected chi connectivity index (χ1v) is 6.54. The van der Waals surface area contributed by atoms with Crippen LogP contribution in [0.5, 0.6) is 0 Å². The molecule has 2 aromatic carbocycles. The molecule has 1 unspecified atom stereocenters. The zero-order valence-corrected chi connectivity index (χ0v) is 11.4. The van der Waals surface area contributed by atoms with Gasteiger partial charge in [0.2, 0.25) is 0 Å². The van der Waals surface area contributed by atoms with Crippen molar-refractivity contribution in [3.05, 3.63) is 70.0 Å². The average molecular weight is 279 g/mol. The van der Waals surface area contributed by atoms with Crippen molar-refractivity contribution in [1.29, 1.82) is 0 Å². The second-order valence-corrected chi connectivity index (χ2v) is 4.74. The maximum absolute atomic E-state index is 14.0. The van der Waals surface area contributed by atoms with E-state index in [0.29, 0.717) is 10.6 Å². The standard InChI is InChI=1S/C15H16ClFN2/c1-2-10-5-3-6-11(9-10)15(19-18)14-12(16)7-4-8-13(14)17/h3-9,15,19H,2,18H2,1H3. The van der Waals surface area contributed by atoms with Gasteiger partial charge in [-0.2, -0.15) is 0 Å². The fourth-order valence-corrected chi connectivity index (χ4v) is 2.40. The number of halogens is 2. The van der Waals surface area contributed by atoms with Gasteiger partial charge in [-0.25, -0.2) is 9.82 Å². The van der Waals surface area contributed by atoms with Crippen LogP contribution in [0.4, 0.5) is 4.39 Å². The van der Waals surface area contributed by atoms with Crippen molar-refractivity contribution in [1.82, 2.24) is 5.43 Å². The van der Waals surface area contributed by atoms with E-state index in [9.17, 15) is 4.39 Å². The minimum absolute atomic E-state index is 0.364. The predicted octanol–water partition coefficient (Wildman–Crippen LogP) is 3.59. The lowest BCUT2D eigenvalue weighted by molar-refractivity contribution is 0.560. The van der Waals surface area contributed by atoms with E-state index >= 15 is 0 Å². The molecule has 0 spiro atoms. The predicted molar refractivity (Wildman–Crippen MR) is 76.4 cm³/mol. The Balaban J connectivity index is 2.50. The number of hydrazine groups is 1. The molecule has 4 heteroatoms. The minimum atomic E-state index is -0.458. The highest BCUT2D eigenvalue weighted by molar-refractivity contribution is 6.31. The molecule has 1 atom stereocenters. The first kappa shape index (κ1) is 14.0. The molecule has 3 N–H and O–H groups in total. The van der Waals surface area contributed by atoms with Gasteiger partial charge in [0.1, 0.15) is 5.82 Å². The van der Waals surface area contributed by atoms with Crippen molar-refractivity contribution >= 4 is 11.6 Å². The van der Waals surface area contributed by atoms with Gasteiger partial charge in [0.05, 0.1) is 6.04 Å². The average Bonchev–Trinajstić information content (AvgIpc) is 2.43. The van der Waals surface area contributed by atoms with Gasteiger partial charge >= 0.3 is 0 Å². The summed E-state index contributed by atoms with van der Waals surface area (Å²) in [5.74, 6) is 5.23. The van der Waals surface area contributed by atoms with Crippen LogP contribution < -0.4 is 11.3 Å². The van der Waals surface area contributed by atoms with Crippen LogP contribution in [0.15, 0.2) is 42.5 Å². The molecular weight excluding hydrogens is 263 g/mol. The van der Waals surface area contributed by atoms with Crippen molar-refractivity contribution in [2.75, 3.05) is 0 Å². The van der Waals surface area contributed by atoms with Crippen molar-refractivity contribution in [3.8, 4) is 0 Å². The van der Waals surface area contributed by atoms with Gasteiger partial charge in [-0.3, -0.25) is 5.84 Å². The van der Waals surface area contributed by atoms with Gasteiger partial charge in [-0.1, -0.05) is 48.9 Å². The van der Waals surface area contributed by atoms with Gasteiger partial charge < -0.3 is 0 Å². The summed E-state index contributed by atoms with van der Waals surface area (Å²) in [6, 6.07) is 12.0. The van der Waals surface area contributed by atoms with Crippen LogP contribution in [0.3, 0.4) is 0 Å². The number of hydrogen-bond donors (Lipinski definition) is 2. The summed E-state index contributed by atoms with van der Waals surface area (Å²) in [5, 5.41) is 0.366. The van der Waals surface area contributed by atoms with Crippen LogP contribution in [-0.4, -0.2) is 0 Å². The Labute approximate surface area is 117 Å². The Morgan fingerprint density at radius 2 is 2.00 bits per heavy atom. The van der Waals surface area contributed by atoms with E-state index in [1.165, 1.54) is 11.6 Å². The van der Waals surface area contributed by atoms with Gasteiger partial charge in [-0.05, 0) is 29.7 Å². The smallest absolute Gasteiger partial charge is 0.129 e. The molecule has 100 valence electrons. The third kappa shape index (κ3) is 2.95. The van der Waals surface area contributed by atoms with Gasteiger partial charge in [0.25, 0.3) is 0 Å². The highest BCUT2D eigenvalue weighted by Crippen LogP contribution is 2.30. The quantitative estimate of drug-likeness (QED) is 0.662. The van der Waals surface area contributed by atoms with Crippen LogP contribution in [0.2, 0.25) is 5.02 Å². The maximum atomic E-state index is 14.0. The van der Waals surface area contributed by atoms with Crippen molar-refractivity contribution < 1.29 is 4.39 Å². The fraction of sp³-hybridized carbons (Fsp3) is 0.200. The summed E-state index contributed by atoms with van der Waals surface area (Å²) in [4.78, 5) is 0. The molecule has 0 aliphatic rings. The fourth-order valence-electron chi connectivity index (χ4n) is 2.13. The lowest BCUT2D eigenvalue weighted by Gasteiger charge is -2.19. The molecule has 0 aliphatic carbocycles. The van der Waals surface area contributed by atoms with Crippen LogP contribution in [0.25, 0.3) is 0 Å². The van der Waals surface area contributed by atoms with E-state index in [4.69, 9.17) is 17.4 Å². The van der Waals surface area contributed by atoms with Crippen LogP contribution >= 0.6 is 11.6 Å². The Morgan fingerprint density at radius 1 is 1.26 bits per heavy atom. The highest BCUT2D eigenvalue weighted by Gasteiger charge is 2.19. The summed E-state index contributed by atoms with van der Waals surface area (Å²) in [5.41, 5.74) is 5.09. The van der Waals surface area contributed by atoms with E-state index in [1.54, 1.807) is 12.1 Å². The van der Waals surface area contributed by atoms with E-state index in [-0.39, 0.29) is 5.82 Å². The normalized spacial score (nSPS) is 12.4. The van der Waals surface area contributed by atoms with E-state index in [0.717, 1.165) is 12.0 Å². The summed E-state index contributed by atoms with van der Waals surface area (Å²) >= 11 is 6.09. The Kier molecular flexibility index (Phi) is 4.53. The number of aryl methyl sites for hydroxylation is 1. The molecule has 0 saturated carbocycles. The lowest BCUT2D eigenvalue weighted by atomic mass is 9.96. The first-order valence-electron chi connectivity index (χ1n) is 6.16. The largest absolute Gasteiger partial charge is 0.271 e. The SMILES string of the molecule is CCc1cccc(C(NN)c2c(F)cccc2Cl)c1. The Bertz CT molecular complexity index is 552. The Morgan fingerprint density at radius 3 is 2.63 bits per heavy atom. The maximum Gasteiger partial charge on any atom is 0.129 e. The second kappa shape index (κ2) is 6.15. The molecule has 0 aromatic heterocycles. The zero-order valence-electron chi connectivity index (χ0n) is 10.7. The summed E-state index contributed by atoms with van der Waals surface area (Å²) in [6.45, 7) is 2.07. The highest BCUT2D eigenvalue weighted by atomic mass is 35.5. The molecule has 0 fully saturated rings. The zero-order chi connectivity index (χ0) is 13.8. The molecule has 0 bridgehead atoms. The second-order valence-electron chi connectivity index (χ2n) is 4.33. The van der Waals surface area contributed by atoms with Crippen molar-refractivity contribution in [2.45, 2.75) is 19.4 Å². The lowest BCUT2D eigenvalue weighted by Crippen LogP contribution is -2.29. The monoisotopic (exact) mass is 278 g/mol. The molecule has 2 rings (SSSR count). The topological polar surface area (TPSA) is 38.0 Å².